The molecule has 0 amide bonds. The molecule has 2 rings (SSSR count). The highest BCUT2D eigenvalue weighted by atomic mass is 32.2. The van der Waals surface area contributed by atoms with E-state index in [1.807, 2.05) is 12.1 Å². The van der Waals surface area contributed by atoms with Gasteiger partial charge in [0.05, 0.1) is 0 Å². The molecular formula is C14H20N4OS. The molecule has 1 aromatic carbocycles. The van der Waals surface area contributed by atoms with Crippen LogP contribution in [0.25, 0.3) is 0 Å². The molecule has 0 saturated heterocycles. The van der Waals surface area contributed by atoms with E-state index in [0.29, 0.717) is 5.16 Å². The fourth-order valence-electron chi connectivity index (χ4n) is 1.92. The maximum Gasteiger partial charge on any atom is 0.343 e. The van der Waals surface area contributed by atoms with Crippen LogP contribution in [0.3, 0.4) is 0 Å². The van der Waals surface area contributed by atoms with Crippen molar-refractivity contribution in [2.45, 2.75) is 36.4 Å². The Labute approximate surface area is 122 Å². The molecule has 0 fully saturated rings. The lowest BCUT2D eigenvalue weighted by molar-refractivity contribution is 0.563. The maximum absolute atomic E-state index is 11.4. The number of hydrogen-bond donors (Lipinski definition) is 2. The van der Waals surface area contributed by atoms with E-state index >= 15 is 0 Å². The average molecular weight is 292 g/mol. The van der Waals surface area contributed by atoms with Crippen molar-refractivity contribution < 1.29 is 0 Å². The molecule has 0 aliphatic heterocycles. The van der Waals surface area contributed by atoms with Gasteiger partial charge in [-0.25, -0.2) is 9.89 Å². The van der Waals surface area contributed by atoms with Gasteiger partial charge in [-0.15, -0.1) is 5.10 Å². The van der Waals surface area contributed by atoms with Gasteiger partial charge in [-0.3, -0.25) is 4.57 Å². The second kappa shape index (κ2) is 6.76. The van der Waals surface area contributed by atoms with Gasteiger partial charge >= 0.3 is 5.69 Å². The molecule has 6 heteroatoms. The van der Waals surface area contributed by atoms with Crippen LogP contribution in [0, 0.1) is 0 Å². The highest BCUT2D eigenvalue weighted by molar-refractivity contribution is 7.99. The van der Waals surface area contributed by atoms with E-state index in [0.717, 1.165) is 17.9 Å². The van der Waals surface area contributed by atoms with E-state index in [9.17, 15) is 4.79 Å². The number of H-pyrrole nitrogens is 1. The van der Waals surface area contributed by atoms with Crippen LogP contribution in [0.1, 0.15) is 31.9 Å². The Bertz CT molecular complexity index is 620. The molecule has 2 N–H and O–H groups in total. The Morgan fingerprint density at radius 2 is 2.20 bits per heavy atom. The summed E-state index contributed by atoms with van der Waals surface area (Å²) >= 11 is 1.50. The molecule has 0 aliphatic carbocycles. The van der Waals surface area contributed by atoms with E-state index in [2.05, 4.69) is 41.5 Å². The third-order valence-corrected chi connectivity index (χ3v) is 4.27. The van der Waals surface area contributed by atoms with Gasteiger partial charge in [0.25, 0.3) is 0 Å². The van der Waals surface area contributed by atoms with Crippen molar-refractivity contribution in [2.75, 3.05) is 6.54 Å². The molecule has 20 heavy (non-hydrogen) atoms. The molecule has 1 unspecified atom stereocenters. The summed E-state index contributed by atoms with van der Waals surface area (Å²) in [6, 6.07) is 8.48. The molecule has 2 aromatic rings. The zero-order valence-electron chi connectivity index (χ0n) is 12.0. The second-order valence-electron chi connectivity index (χ2n) is 4.69. The number of aromatic nitrogens is 3. The van der Waals surface area contributed by atoms with Gasteiger partial charge in [0, 0.05) is 18.0 Å². The van der Waals surface area contributed by atoms with Gasteiger partial charge in [0.15, 0.2) is 5.16 Å². The molecule has 0 radical (unpaired) electrons. The average Bonchev–Trinajstić information content (AvgIpc) is 2.77. The topological polar surface area (TPSA) is 62.7 Å². The predicted octanol–water partition coefficient (Wildman–Crippen LogP) is 2.32. The number of aromatic amines is 1. The Kier molecular flexibility index (Phi) is 5.03. The van der Waals surface area contributed by atoms with Crippen molar-refractivity contribution in [3.05, 3.63) is 40.3 Å². The van der Waals surface area contributed by atoms with Gasteiger partial charge in [-0.05, 0) is 43.3 Å². The molecular weight excluding hydrogens is 272 g/mol. The van der Waals surface area contributed by atoms with E-state index in [1.54, 1.807) is 7.05 Å². The highest BCUT2D eigenvalue weighted by Crippen LogP contribution is 2.31. The minimum Gasteiger partial charge on any atom is -0.310 e. The fraction of sp³-hybridized carbons (Fsp3) is 0.429. The summed E-state index contributed by atoms with van der Waals surface area (Å²) in [6.07, 6.45) is 1.10. The Morgan fingerprint density at radius 3 is 2.85 bits per heavy atom. The molecule has 1 atom stereocenters. The van der Waals surface area contributed by atoms with Gasteiger partial charge < -0.3 is 5.32 Å². The molecule has 0 aliphatic rings. The summed E-state index contributed by atoms with van der Waals surface area (Å²) in [4.78, 5) is 12.5. The summed E-state index contributed by atoms with van der Waals surface area (Å²) in [6.45, 7) is 5.29. The van der Waals surface area contributed by atoms with Crippen molar-refractivity contribution >= 4 is 11.8 Å². The number of benzene rings is 1. The first-order valence-electron chi connectivity index (χ1n) is 6.75. The van der Waals surface area contributed by atoms with E-state index in [4.69, 9.17) is 0 Å². The first-order chi connectivity index (χ1) is 9.63. The molecule has 1 aromatic heterocycles. The summed E-state index contributed by atoms with van der Waals surface area (Å²) in [5.41, 5.74) is 1.03. The second-order valence-corrected chi connectivity index (χ2v) is 5.70. The minimum absolute atomic E-state index is 0.192. The number of rotatable bonds is 6. The van der Waals surface area contributed by atoms with Gasteiger partial charge in [-0.2, -0.15) is 0 Å². The van der Waals surface area contributed by atoms with Gasteiger partial charge in [0.1, 0.15) is 0 Å². The Hall–Kier alpha value is -1.53. The molecule has 108 valence electrons. The highest BCUT2D eigenvalue weighted by Gasteiger charge is 2.13. The molecule has 0 saturated carbocycles. The predicted molar refractivity (Wildman–Crippen MR) is 81.1 cm³/mol. The quantitative estimate of drug-likeness (QED) is 0.857. The van der Waals surface area contributed by atoms with Crippen LogP contribution in [0.5, 0.6) is 0 Å². The third kappa shape index (κ3) is 3.32. The normalized spacial score (nSPS) is 12.6. The van der Waals surface area contributed by atoms with Crippen molar-refractivity contribution in [2.24, 2.45) is 7.05 Å². The van der Waals surface area contributed by atoms with Crippen molar-refractivity contribution in [3.63, 3.8) is 0 Å². The lowest BCUT2D eigenvalue weighted by Gasteiger charge is -2.17. The monoisotopic (exact) mass is 292 g/mol. The number of hydrogen-bond acceptors (Lipinski definition) is 4. The third-order valence-electron chi connectivity index (χ3n) is 3.13. The number of nitrogens with one attached hydrogen (secondary N) is 2. The van der Waals surface area contributed by atoms with Gasteiger partial charge in [0.2, 0.25) is 0 Å². The Morgan fingerprint density at radius 1 is 1.45 bits per heavy atom. The largest absolute Gasteiger partial charge is 0.343 e. The van der Waals surface area contributed by atoms with E-state index in [-0.39, 0.29) is 11.7 Å². The maximum atomic E-state index is 11.4. The van der Waals surface area contributed by atoms with Crippen LogP contribution in [0.4, 0.5) is 0 Å². The molecule has 5 nitrogen and oxygen atoms in total. The summed E-state index contributed by atoms with van der Waals surface area (Å²) in [5.74, 6) is 0. The lowest BCUT2D eigenvalue weighted by atomic mass is 10.1. The van der Waals surface area contributed by atoms with Gasteiger partial charge in [-0.1, -0.05) is 25.1 Å². The van der Waals surface area contributed by atoms with Crippen LogP contribution >= 0.6 is 11.8 Å². The minimum atomic E-state index is -0.192. The lowest BCUT2D eigenvalue weighted by Crippen LogP contribution is -2.19. The fourth-order valence-corrected chi connectivity index (χ4v) is 2.94. The molecule has 0 bridgehead atoms. The summed E-state index contributed by atoms with van der Waals surface area (Å²) < 4.78 is 1.52. The summed E-state index contributed by atoms with van der Waals surface area (Å²) in [5, 5.41) is 10.7. The Balaban J connectivity index is 2.23. The molecule has 0 spiro atoms. The van der Waals surface area contributed by atoms with Crippen molar-refractivity contribution in [3.8, 4) is 0 Å². The van der Waals surface area contributed by atoms with Crippen molar-refractivity contribution in [1.29, 1.82) is 0 Å². The van der Waals surface area contributed by atoms with Crippen LogP contribution in [0.15, 0.2) is 39.1 Å². The first-order valence-corrected chi connectivity index (χ1v) is 7.56. The standard InChI is InChI=1S/C14H20N4OS/c1-4-9-15-10(2)11-7-5-6-8-12(11)20-14-17-16-13(19)18(14)3/h5-8,10,15H,4,9H2,1-3H3,(H,16,19). The molecule has 1 heterocycles. The zero-order chi connectivity index (χ0) is 14.5. The van der Waals surface area contributed by atoms with Crippen LogP contribution in [-0.4, -0.2) is 21.3 Å². The van der Waals surface area contributed by atoms with Crippen molar-refractivity contribution in [1.82, 2.24) is 20.1 Å². The SMILES string of the molecule is CCCNC(C)c1ccccc1Sc1n[nH]c(=O)n1C. The van der Waals surface area contributed by atoms with Crippen LogP contribution in [0.2, 0.25) is 0 Å². The number of nitrogens with zero attached hydrogens (tertiary/aromatic N) is 2. The van der Waals surface area contributed by atoms with Crippen LogP contribution < -0.4 is 11.0 Å². The smallest absolute Gasteiger partial charge is 0.310 e. The van der Waals surface area contributed by atoms with E-state index in [1.165, 1.54) is 21.9 Å². The first kappa shape index (κ1) is 14.9. The van der Waals surface area contributed by atoms with E-state index < -0.39 is 0 Å². The summed E-state index contributed by atoms with van der Waals surface area (Å²) in [7, 11) is 1.72. The van der Waals surface area contributed by atoms with Crippen LogP contribution in [-0.2, 0) is 7.05 Å². The zero-order valence-corrected chi connectivity index (χ0v) is 12.8.